The number of imidazole rings is 1. The van der Waals surface area contributed by atoms with Crippen molar-refractivity contribution in [3.05, 3.63) is 50.9 Å². The summed E-state index contributed by atoms with van der Waals surface area (Å²) in [7, 11) is 0. The zero-order valence-electron chi connectivity index (χ0n) is 15.1. The van der Waals surface area contributed by atoms with Crippen molar-refractivity contribution in [3.63, 3.8) is 0 Å². The minimum Gasteiger partial charge on any atom is -0.478 e. The van der Waals surface area contributed by atoms with Crippen LogP contribution in [0.5, 0.6) is 0 Å². The molecule has 3 N–H and O–H groups in total. The molecule has 0 radical (unpaired) electrons. The van der Waals surface area contributed by atoms with Crippen LogP contribution in [0.25, 0.3) is 10.1 Å². The number of hydrogen-bond acceptors (Lipinski definition) is 5. The third-order valence-electron chi connectivity index (χ3n) is 4.51. The number of thiophene rings is 1. The quantitative estimate of drug-likeness (QED) is 0.505. The van der Waals surface area contributed by atoms with Crippen LogP contribution in [0, 0.1) is 0 Å². The van der Waals surface area contributed by atoms with E-state index in [1.807, 2.05) is 10.6 Å². The van der Waals surface area contributed by atoms with Crippen LogP contribution in [-0.4, -0.2) is 36.8 Å². The number of halogens is 1. The highest BCUT2D eigenvalue weighted by molar-refractivity contribution is 7.21. The largest absolute Gasteiger partial charge is 0.478 e. The summed E-state index contributed by atoms with van der Waals surface area (Å²) < 4.78 is 2.43. The summed E-state index contributed by atoms with van der Waals surface area (Å²) in [5.74, 6) is -1.77. The van der Waals surface area contributed by atoms with E-state index in [1.54, 1.807) is 12.1 Å². The number of rotatable bonds is 8. The molecule has 0 aliphatic heterocycles. The van der Waals surface area contributed by atoms with Crippen LogP contribution in [0.4, 0.5) is 0 Å². The Morgan fingerprint density at radius 1 is 1.25 bits per heavy atom. The Morgan fingerprint density at radius 3 is 2.61 bits per heavy atom. The Balaban J connectivity index is 2.07. The van der Waals surface area contributed by atoms with E-state index in [4.69, 9.17) is 11.6 Å². The molecule has 0 saturated carbocycles. The molecule has 2 aromatic heterocycles. The van der Waals surface area contributed by atoms with Gasteiger partial charge in [0.2, 0.25) is 0 Å². The van der Waals surface area contributed by atoms with E-state index < -0.39 is 11.9 Å². The zero-order valence-corrected chi connectivity index (χ0v) is 16.7. The molecule has 2 heterocycles. The van der Waals surface area contributed by atoms with Gasteiger partial charge in [0.25, 0.3) is 0 Å². The van der Waals surface area contributed by atoms with Crippen LogP contribution >= 0.6 is 22.9 Å². The molecule has 0 atom stereocenters. The third kappa shape index (κ3) is 3.76. The Bertz CT molecular complexity index is 1060. The van der Waals surface area contributed by atoms with Crippen molar-refractivity contribution in [2.24, 2.45) is 0 Å². The maximum absolute atomic E-state index is 11.6. The smallest absolute Gasteiger partial charge is 0.346 e. The molecule has 9 heteroatoms. The van der Waals surface area contributed by atoms with Gasteiger partial charge in [-0.1, -0.05) is 31.0 Å². The fraction of sp³-hybridized carbons (Fsp3) is 0.316. The fourth-order valence-electron chi connectivity index (χ4n) is 3.16. The van der Waals surface area contributed by atoms with Crippen molar-refractivity contribution in [1.82, 2.24) is 9.55 Å². The minimum atomic E-state index is -1.27. The number of aromatic nitrogens is 2. The summed E-state index contributed by atoms with van der Waals surface area (Å²) in [6, 6.07) is 5.21. The number of aliphatic hydroxyl groups is 1. The van der Waals surface area contributed by atoms with E-state index in [1.165, 1.54) is 0 Å². The van der Waals surface area contributed by atoms with E-state index in [-0.39, 0.29) is 22.2 Å². The van der Waals surface area contributed by atoms with Crippen molar-refractivity contribution < 1.29 is 24.9 Å². The Morgan fingerprint density at radius 2 is 2.00 bits per heavy atom. The number of nitrogens with zero attached hydrogens (tertiary/aromatic N) is 2. The second-order valence-electron chi connectivity index (χ2n) is 6.36. The molecule has 7 nitrogen and oxygen atoms in total. The lowest BCUT2D eigenvalue weighted by molar-refractivity contribution is 0.0657. The average molecular weight is 423 g/mol. The molecule has 1 aromatic carbocycles. The second kappa shape index (κ2) is 8.30. The van der Waals surface area contributed by atoms with Gasteiger partial charge in [-0.25, -0.2) is 14.6 Å². The summed E-state index contributed by atoms with van der Waals surface area (Å²) in [6.45, 7) is 2.16. The van der Waals surface area contributed by atoms with Crippen LogP contribution in [0.15, 0.2) is 18.2 Å². The molecular formula is C19H19ClN2O5S. The van der Waals surface area contributed by atoms with Gasteiger partial charge in [-0.15, -0.1) is 11.3 Å². The predicted molar refractivity (Wildman–Crippen MR) is 107 cm³/mol. The first-order valence-electron chi connectivity index (χ1n) is 8.74. The Hall–Kier alpha value is -2.42. The van der Waals surface area contributed by atoms with Crippen molar-refractivity contribution in [3.8, 4) is 0 Å². The van der Waals surface area contributed by atoms with Gasteiger partial charge in [-0.2, -0.15) is 0 Å². The van der Waals surface area contributed by atoms with Crippen molar-refractivity contribution >= 4 is 45.0 Å². The summed E-state index contributed by atoms with van der Waals surface area (Å²) >= 11 is 7.10. The van der Waals surface area contributed by atoms with Crippen molar-refractivity contribution in [2.75, 3.05) is 0 Å². The number of aliphatic hydroxyl groups excluding tert-OH is 1. The number of benzene rings is 1. The first kappa shape index (κ1) is 20.3. The molecule has 0 fully saturated rings. The van der Waals surface area contributed by atoms with Gasteiger partial charge in [-0.05, 0) is 24.1 Å². The van der Waals surface area contributed by atoms with Gasteiger partial charge in [-0.3, -0.25) is 0 Å². The normalized spacial score (nSPS) is 11.2. The molecule has 28 heavy (non-hydrogen) atoms. The van der Waals surface area contributed by atoms with E-state index in [9.17, 15) is 24.9 Å². The molecule has 0 saturated heterocycles. The number of hydrogen-bond donors (Lipinski definition) is 3. The zero-order chi connectivity index (χ0) is 20.4. The van der Waals surface area contributed by atoms with Crippen LogP contribution in [0.2, 0.25) is 5.15 Å². The van der Waals surface area contributed by atoms with E-state index in [0.717, 1.165) is 35.6 Å². The molecule has 0 bridgehead atoms. The van der Waals surface area contributed by atoms with E-state index >= 15 is 0 Å². The fourth-order valence-corrected chi connectivity index (χ4v) is 4.43. The predicted octanol–water partition coefficient (Wildman–Crippen LogP) is 4.03. The summed E-state index contributed by atoms with van der Waals surface area (Å²) in [5, 5.41) is 29.1. The minimum absolute atomic E-state index is 0.190. The highest BCUT2D eigenvalue weighted by Gasteiger charge is 2.23. The lowest BCUT2D eigenvalue weighted by Gasteiger charge is -2.11. The summed E-state index contributed by atoms with van der Waals surface area (Å²) in [6.07, 6.45) is 2.62. The lowest BCUT2D eigenvalue weighted by Crippen LogP contribution is -2.09. The number of unbranched alkanes of at least 4 members (excludes halogenated alkanes) is 1. The van der Waals surface area contributed by atoms with Crippen LogP contribution in [-0.2, 0) is 19.6 Å². The maximum atomic E-state index is 11.6. The summed E-state index contributed by atoms with van der Waals surface area (Å²) in [4.78, 5) is 27.2. The van der Waals surface area contributed by atoms with Gasteiger partial charge >= 0.3 is 11.9 Å². The van der Waals surface area contributed by atoms with Crippen molar-refractivity contribution in [1.29, 1.82) is 0 Å². The topological polar surface area (TPSA) is 113 Å². The number of carboxylic acids is 2. The molecule has 3 aromatic rings. The monoisotopic (exact) mass is 422 g/mol. The first-order valence-corrected chi connectivity index (χ1v) is 9.93. The second-order valence-corrected chi connectivity index (χ2v) is 7.77. The Labute approximate surface area is 169 Å². The van der Waals surface area contributed by atoms with Crippen LogP contribution < -0.4 is 0 Å². The number of aryl methyl sites for hydroxylation is 1. The molecule has 0 unspecified atom stereocenters. The van der Waals surface area contributed by atoms with Gasteiger partial charge in [0, 0.05) is 23.1 Å². The lowest BCUT2D eigenvalue weighted by atomic mass is 10.1. The van der Waals surface area contributed by atoms with Gasteiger partial charge in [0.05, 0.1) is 17.9 Å². The molecule has 148 valence electrons. The van der Waals surface area contributed by atoms with Gasteiger partial charge in [0.15, 0.2) is 5.15 Å². The molecule has 3 rings (SSSR count). The maximum Gasteiger partial charge on any atom is 0.346 e. The first-order chi connectivity index (χ1) is 13.4. The number of carbonyl (C=O) groups is 2. The highest BCUT2D eigenvalue weighted by atomic mass is 35.5. The highest BCUT2D eigenvalue weighted by Crippen LogP contribution is 2.33. The average Bonchev–Trinajstić information content (AvgIpc) is 3.17. The van der Waals surface area contributed by atoms with Crippen LogP contribution in [0.1, 0.15) is 56.9 Å². The molecule has 0 spiro atoms. The summed E-state index contributed by atoms with van der Waals surface area (Å²) in [5.41, 5.74) is 1.07. The standard InChI is InChI=1S/C19H19ClN2O5S/c1-2-3-4-14-21-17(20)12(9-23)22(14)8-10-5-6-13-11(7-10)15(18(24)25)16(28-13)19(26)27/h5-7,23H,2-4,8-9H2,1H3,(H,24,25)(H,26,27). The van der Waals surface area contributed by atoms with Gasteiger partial charge in [0.1, 0.15) is 10.7 Å². The number of aromatic carboxylic acids is 2. The van der Waals surface area contributed by atoms with Crippen molar-refractivity contribution in [2.45, 2.75) is 39.3 Å². The van der Waals surface area contributed by atoms with E-state index in [2.05, 4.69) is 11.9 Å². The Kier molecular flexibility index (Phi) is 6.02. The number of fused-ring (bicyclic) bond motifs is 1. The SMILES string of the molecule is CCCCc1nc(Cl)c(CO)n1Cc1ccc2sc(C(=O)O)c(C(=O)O)c2c1. The molecule has 0 aliphatic carbocycles. The third-order valence-corrected chi connectivity index (χ3v) is 5.97. The molecule has 0 aliphatic rings. The van der Waals surface area contributed by atoms with Gasteiger partial charge < -0.3 is 19.9 Å². The van der Waals surface area contributed by atoms with E-state index in [0.29, 0.717) is 28.7 Å². The molecule has 0 amide bonds. The molecular weight excluding hydrogens is 404 g/mol. The number of carboxylic acid groups (broad SMARTS) is 2. The van der Waals surface area contributed by atoms with Crippen LogP contribution in [0.3, 0.4) is 0 Å².